The molecule has 0 radical (unpaired) electrons. The van der Waals surface area contributed by atoms with Crippen molar-refractivity contribution in [2.24, 2.45) is 4.99 Å². The molecule has 2 aliphatic rings. The molecule has 1 N–H and O–H groups in total. The van der Waals surface area contributed by atoms with E-state index in [1.807, 2.05) is 4.90 Å². The average Bonchev–Trinajstić information content (AvgIpc) is 3.58. The number of benzene rings is 1. The molecule has 1 aliphatic heterocycles. The van der Waals surface area contributed by atoms with Crippen molar-refractivity contribution in [2.75, 3.05) is 26.2 Å². The Bertz CT molecular complexity index is 1050. The molecule has 11 heteroatoms. The molecule has 0 unspecified atom stereocenters. The Kier molecular flexibility index (Phi) is 5.96. The number of halogens is 3. The van der Waals surface area contributed by atoms with Gasteiger partial charge in [-0.2, -0.15) is 0 Å². The molecule has 1 saturated carbocycles. The number of hydrogen-bond donors (Lipinski definition) is 1. The van der Waals surface area contributed by atoms with Crippen LogP contribution in [0.25, 0.3) is 0 Å². The number of ether oxygens (including phenoxy) is 1. The summed E-state index contributed by atoms with van der Waals surface area (Å²) < 4.78 is 40.8. The summed E-state index contributed by atoms with van der Waals surface area (Å²) >= 11 is 0. The average molecular weight is 462 g/mol. The summed E-state index contributed by atoms with van der Waals surface area (Å²) in [5.74, 6) is -1.19. The molecule has 2 heterocycles. The van der Waals surface area contributed by atoms with E-state index in [0.29, 0.717) is 50.6 Å². The number of carbonyl (C=O) groups excluding carboxylic acids is 1. The summed E-state index contributed by atoms with van der Waals surface area (Å²) in [5, 5.41) is 9.55. The largest absolute Gasteiger partial charge is 0.573 e. The highest BCUT2D eigenvalue weighted by molar-refractivity contribution is 6.00. The summed E-state index contributed by atoms with van der Waals surface area (Å²) in [7, 11) is 0. The Morgan fingerprint density at radius 1 is 1.00 bits per heavy atom. The third-order valence-corrected chi connectivity index (χ3v) is 5.54. The number of piperazine rings is 1. The molecule has 8 nitrogen and oxygen atoms in total. The van der Waals surface area contributed by atoms with E-state index < -0.39 is 23.6 Å². The maximum atomic E-state index is 12.8. The Hall–Kier alpha value is -3.63. The zero-order valence-corrected chi connectivity index (χ0v) is 17.5. The lowest BCUT2D eigenvalue weighted by atomic mass is 10.1. The van der Waals surface area contributed by atoms with Gasteiger partial charge in [-0.05, 0) is 49.2 Å². The number of amides is 1. The first kappa shape index (κ1) is 22.6. The SMILES string of the molecule is O=C(c1ccc(OC(F)(F)F)cc1)N1CCN(/C(=N/C2(C(=O)O)CC2)c2ccccn2)CC1. The quantitative estimate of drug-likeness (QED) is 0.543. The first-order valence-electron chi connectivity index (χ1n) is 10.3. The predicted molar refractivity (Wildman–Crippen MR) is 111 cm³/mol. The second-order valence-electron chi connectivity index (χ2n) is 7.84. The number of aromatic nitrogens is 1. The normalized spacial score (nSPS) is 18.1. The van der Waals surface area contributed by atoms with Crippen LogP contribution in [-0.4, -0.2) is 75.7 Å². The third kappa shape index (κ3) is 5.24. The number of nitrogens with zero attached hydrogens (tertiary/aromatic N) is 4. The number of alkyl halides is 3. The number of carboxylic acid groups (broad SMARTS) is 1. The van der Waals surface area contributed by atoms with Gasteiger partial charge in [-0.1, -0.05) is 6.07 Å². The Morgan fingerprint density at radius 3 is 2.15 bits per heavy atom. The second kappa shape index (κ2) is 8.72. The van der Waals surface area contributed by atoms with Crippen molar-refractivity contribution in [3.05, 3.63) is 59.9 Å². The fourth-order valence-electron chi connectivity index (χ4n) is 3.58. The summed E-state index contributed by atoms with van der Waals surface area (Å²) in [6.07, 6.45) is -2.26. The first-order valence-corrected chi connectivity index (χ1v) is 10.3. The second-order valence-corrected chi connectivity index (χ2v) is 7.84. The van der Waals surface area contributed by atoms with Crippen LogP contribution in [0.15, 0.2) is 53.7 Å². The summed E-state index contributed by atoms with van der Waals surface area (Å²) in [6.45, 7) is 1.50. The summed E-state index contributed by atoms with van der Waals surface area (Å²) in [6, 6.07) is 10.1. The molecule has 0 atom stereocenters. The summed E-state index contributed by atoms with van der Waals surface area (Å²) in [5.41, 5.74) is -0.315. The van der Waals surface area contributed by atoms with Crippen LogP contribution in [0.4, 0.5) is 13.2 Å². The molecule has 1 aliphatic carbocycles. The van der Waals surface area contributed by atoms with Crippen LogP contribution in [0.2, 0.25) is 0 Å². The van der Waals surface area contributed by atoms with E-state index in [9.17, 15) is 27.9 Å². The molecule has 33 heavy (non-hydrogen) atoms. The molecule has 2 aromatic rings. The molecule has 4 rings (SSSR count). The van der Waals surface area contributed by atoms with Crippen LogP contribution in [-0.2, 0) is 4.79 Å². The van der Waals surface area contributed by atoms with Crippen molar-refractivity contribution in [2.45, 2.75) is 24.7 Å². The lowest BCUT2D eigenvalue weighted by Gasteiger charge is -2.36. The first-order chi connectivity index (χ1) is 15.7. The molecule has 0 bridgehead atoms. The van der Waals surface area contributed by atoms with Crippen molar-refractivity contribution >= 4 is 17.7 Å². The molecular formula is C22H21F3N4O4. The summed E-state index contributed by atoms with van der Waals surface area (Å²) in [4.78, 5) is 36.8. The van der Waals surface area contributed by atoms with Gasteiger partial charge in [0.25, 0.3) is 5.91 Å². The smallest absolute Gasteiger partial charge is 0.479 e. The molecule has 1 saturated heterocycles. The zero-order valence-electron chi connectivity index (χ0n) is 17.5. The monoisotopic (exact) mass is 462 g/mol. The number of carboxylic acids is 1. The number of hydrogen-bond acceptors (Lipinski definition) is 5. The third-order valence-electron chi connectivity index (χ3n) is 5.54. The maximum Gasteiger partial charge on any atom is 0.573 e. The van der Waals surface area contributed by atoms with E-state index >= 15 is 0 Å². The van der Waals surface area contributed by atoms with E-state index in [1.165, 1.54) is 12.1 Å². The van der Waals surface area contributed by atoms with Crippen molar-refractivity contribution in [3.8, 4) is 5.75 Å². The molecular weight excluding hydrogens is 441 g/mol. The predicted octanol–water partition coefficient (Wildman–Crippen LogP) is 2.80. The number of pyridine rings is 1. The highest BCUT2D eigenvalue weighted by Crippen LogP contribution is 2.40. The minimum Gasteiger partial charge on any atom is -0.479 e. The highest BCUT2D eigenvalue weighted by atomic mass is 19.4. The molecule has 0 spiro atoms. The molecule has 2 fully saturated rings. The van der Waals surface area contributed by atoms with Gasteiger partial charge >= 0.3 is 12.3 Å². The van der Waals surface area contributed by atoms with Gasteiger partial charge in [-0.3, -0.25) is 9.78 Å². The van der Waals surface area contributed by atoms with E-state index in [4.69, 9.17) is 0 Å². The van der Waals surface area contributed by atoms with Gasteiger partial charge in [-0.25, -0.2) is 9.79 Å². The van der Waals surface area contributed by atoms with Crippen LogP contribution >= 0.6 is 0 Å². The van der Waals surface area contributed by atoms with E-state index in [-0.39, 0.29) is 11.5 Å². The van der Waals surface area contributed by atoms with Gasteiger partial charge in [0, 0.05) is 37.9 Å². The van der Waals surface area contributed by atoms with Gasteiger partial charge in [0.15, 0.2) is 11.4 Å². The van der Waals surface area contributed by atoms with Crippen LogP contribution in [0.5, 0.6) is 5.75 Å². The van der Waals surface area contributed by atoms with Crippen LogP contribution < -0.4 is 4.74 Å². The molecule has 1 aromatic heterocycles. The lowest BCUT2D eigenvalue weighted by molar-refractivity contribution is -0.274. The number of rotatable bonds is 5. The Balaban J connectivity index is 1.45. The number of carbonyl (C=O) groups is 2. The van der Waals surface area contributed by atoms with Crippen LogP contribution in [0.3, 0.4) is 0 Å². The minimum atomic E-state index is -4.80. The lowest BCUT2D eigenvalue weighted by Crippen LogP contribution is -2.51. The topological polar surface area (TPSA) is 95.3 Å². The van der Waals surface area contributed by atoms with Gasteiger partial charge < -0.3 is 19.6 Å². The van der Waals surface area contributed by atoms with Gasteiger partial charge in [0.05, 0.1) is 0 Å². The van der Waals surface area contributed by atoms with E-state index in [0.717, 1.165) is 12.1 Å². The molecule has 1 aromatic carbocycles. The molecule has 174 valence electrons. The number of aliphatic imine (C=N–C) groups is 1. The minimum absolute atomic E-state index is 0.249. The zero-order chi connectivity index (χ0) is 23.6. The van der Waals surface area contributed by atoms with E-state index in [1.54, 1.807) is 29.3 Å². The fraction of sp³-hybridized carbons (Fsp3) is 0.364. The fourth-order valence-corrected chi connectivity index (χ4v) is 3.58. The number of aliphatic carboxylic acids is 1. The highest BCUT2D eigenvalue weighted by Gasteiger charge is 2.51. The number of amidine groups is 1. The maximum absolute atomic E-state index is 12.8. The van der Waals surface area contributed by atoms with E-state index in [2.05, 4.69) is 14.7 Å². The van der Waals surface area contributed by atoms with Crippen molar-refractivity contribution in [3.63, 3.8) is 0 Å². The van der Waals surface area contributed by atoms with Gasteiger partial charge in [-0.15, -0.1) is 13.2 Å². The van der Waals surface area contributed by atoms with Crippen LogP contribution in [0, 0.1) is 0 Å². The van der Waals surface area contributed by atoms with Gasteiger partial charge in [0.2, 0.25) is 0 Å². The molecule has 1 amide bonds. The Morgan fingerprint density at radius 2 is 1.64 bits per heavy atom. The van der Waals surface area contributed by atoms with Crippen LogP contribution in [0.1, 0.15) is 28.9 Å². The van der Waals surface area contributed by atoms with Gasteiger partial charge in [0.1, 0.15) is 11.4 Å². The van der Waals surface area contributed by atoms with Crippen molar-refractivity contribution < 1.29 is 32.6 Å². The Labute approximate surface area is 187 Å². The van der Waals surface area contributed by atoms with Crippen molar-refractivity contribution in [1.82, 2.24) is 14.8 Å². The standard InChI is InChI=1S/C22H21F3N4O4/c23-22(24,25)33-16-6-4-15(5-7-16)19(30)29-13-11-28(12-14-29)18(17-3-1-2-10-26-17)27-21(8-9-21)20(31)32/h1-7,10H,8-9,11-14H2,(H,31,32)/b27-18+. The van der Waals surface area contributed by atoms with Crippen molar-refractivity contribution in [1.29, 1.82) is 0 Å².